The number of esters is 1. The number of pyridine rings is 2. The molecular formula is C56H63N9O12S. The zero-order chi connectivity index (χ0) is 55.5. The van der Waals surface area contributed by atoms with Gasteiger partial charge in [0.2, 0.25) is 21.8 Å². The van der Waals surface area contributed by atoms with Crippen LogP contribution in [-0.4, -0.2) is 132 Å². The topological polar surface area (TPSA) is 269 Å². The number of aromatic hydroxyl groups is 2. The molecule has 4 aliphatic rings. The van der Waals surface area contributed by atoms with Gasteiger partial charge in [-0.25, -0.2) is 23.0 Å². The van der Waals surface area contributed by atoms with E-state index in [9.17, 15) is 47.7 Å². The van der Waals surface area contributed by atoms with Crippen LogP contribution >= 0.6 is 0 Å². The zero-order valence-corrected chi connectivity index (χ0v) is 45.2. The van der Waals surface area contributed by atoms with Gasteiger partial charge in [-0.05, 0) is 123 Å². The molecule has 410 valence electrons. The molecule has 1 unspecified atom stereocenters. The number of hydrogen-bond acceptors (Lipinski definition) is 15. The summed E-state index contributed by atoms with van der Waals surface area (Å²) < 4.78 is 43.5. The fourth-order valence-corrected chi connectivity index (χ4v) is 12.9. The summed E-state index contributed by atoms with van der Waals surface area (Å²) in [5, 5.41) is 44.5. The first kappa shape index (κ1) is 53.7. The Bertz CT molecular complexity index is 3580. The highest BCUT2D eigenvalue weighted by Gasteiger charge is 2.46. The van der Waals surface area contributed by atoms with E-state index in [0.717, 1.165) is 16.5 Å². The van der Waals surface area contributed by atoms with E-state index in [-0.39, 0.29) is 107 Å². The van der Waals surface area contributed by atoms with Crippen molar-refractivity contribution >= 4 is 44.8 Å². The first-order valence-corrected chi connectivity index (χ1v) is 28.0. The Morgan fingerprint density at radius 3 is 2.29 bits per heavy atom. The van der Waals surface area contributed by atoms with E-state index in [0.29, 0.717) is 92.2 Å². The Morgan fingerprint density at radius 2 is 1.63 bits per heavy atom. The number of likely N-dealkylation sites (tertiary alicyclic amines) is 1. The smallest absolute Gasteiger partial charge is 0.414 e. The second-order valence-corrected chi connectivity index (χ2v) is 22.8. The highest BCUT2D eigenvalue weighted by atomic mass is 32.2. The van der Waals surface area contributed by atoms with Crippen LogP contribution in [0.4, 0.5) is 4.79 Å². The summed E-state index contributed by atoms with van der Waals surface area (Å²) in [4.78, 5) is 75.3. The molecule has 3 aromatic carbocycles. The minimum Gasteiger partial charge on any atom is -0.508 e. The predicted molar refractivity (Wildman–Crippen MR) is 286 cm³/mol. The third kappa shape index (κ3) is 9.41. The first-order valence-electron chi connectivity index (χ1n) is 26.5. The predicted octanol–water partition coefficient (Wildman–Crippen LogP) is 5.94. The maximum Gasteiger partial charge on any atom is 0.414 e. The Balaban J connectivity index is 0.738. The number of nitrogens with one attached hydrogen (secondary N) is 1. The van der Waals surface area contributed by atoms with Crippen molar-refractivity contribution in [2.75, 3.05) is 46.3 Å². The number of hydrogen-bond donors (Lipinski definition) is 4. The van der Waals surface area contributed by atoms with Crippen molar-refractivity contribution < 1.29 is 52.4 Å². The second kappa shape index (κ2) is 20.9. The van der Waals surface area contributed by atoms with Crippen molar-refractivity contribution in [1.29, 1.82) is 0 Å². The van der Waals surface area contributed by atoms with E-state index in [4.69, 9.17) is 14.5 Å². The third-order valence-electron chi connectivity index (χ3n) is 15.9. The number of phenols is 2. The van der Waals surface area contributed by atoms with Crippen molar-refractivity contribution in [2.24, 2.45) is 11.8 Å². The molecular weight excluding hydrogens is 1020 g/mol. The molecule has 78 heavy (non-hydrogen) atoms. The monoisotopic (exact) mass is 1090 g/mol. The minimum atomic E-state index is -3.98. The summed E-state index contributed by atoms with van der Waals surface area (Å²) in [7, 11) is -2.30. The highest BCUT2D eigenvalue weighted by Crippen LogP contribution is 2.42. The van der Waals surface area contributed by atoms with Gasteiger partial charge in [0, 0.05) is 80.5 Å². The van der Waals surface area contributed by atoms with Crippen molar-refractivity contribution in [1.82, 2.24) is 43.7 Å². The molecule has 2 fully saturated rings. The number of carbonyl (C=O) groups excluding carboxylic acids is 4. The molecule has 22 heteroatoms. The van der Waals surface area contributed by atoms with Crippen LogP contribution < -0.4 is 15.6 Å². The molecule has 3 amide bonds. The van der Waals surface area contributed by atoms with Crippen molar-refractivity contribution in [3.8, 4) is 45.7 Å². The van der Waals surface area contributed by atoms with Crippen LogP contribution in [-0.2, 0) is 49.5 Å². The number of aromatic nitrogens is 5. The SMILES string of the molecule is CCNC(=O)c1nnc(-c2cc(C(C)C)c(O)cc2O)n1-c1ccc(S(=O)(=O)N2CCC(C(=O)N3CCC(CN(C)C(=O)Oc4ccc5nc6c(c(CC)c5c4)Cn4c-6cc5c(c4=O)COC(=O)C5(O)CC)CC3)CC2)cc1. The molecule has 0 aliphatic carbocycles. The number of phenolic OH excluding ortho intramolecular Hbond substituents is 2. The largest absolute Gasteiger partial charge is 0.508 e. The fourth-order valence-electron chi connectivity index (χ4n) is 11.4. The van der Waals surface area contributed by atoms with E-state index < -0.39 is 33.6 Å². The van der Waals surface area contributed by atoms with E-state index in [1.54, 1.807) is 55.8 Å². The van der Waals surface area contributed by atoms with Gasteiger partial charge in [-0.2, -0.15) is 4.31 Å². The molecule has 4 N–H and O–H groups in total. The van der Waals surface area contributed by atoms with Gasteiger partial charge in [0.15, 0.2) is 11.4 Å². The number of amides is 3. The molecule has 2 saturated heterocycles. The average Bonchev–Trinajstić information content (AvgIpc) is 4.21. The van der Waals surface area contributed by atoms with Gasteiger partial charge in [0.1, 0.15) is 23.9 Å². The van der Waals surface area contributed by atoms with Crippen LogP contribution in [0, 0.1) is 11.8 Å². The summed E-state index contributed by atoms with van der Waals surface area (Å²) in [6.07, 6.45) is 2.15. The molecule has 10 rings (SSSR count). The lowest BCUT2D eigenvalue weighted by molar-refractivity contribution is -0.172. The highest BCUT2D eigenvalue weighted by molar-refractivity contribution is 7.89. The molecule has 7 heterocycles. The molecule has 1 atom stereocenters. The van der Waals surface area contributed by atoms with Gasteiger partial charge in [-0.3, -0.25) is 19.0 Å². The van der Waals surface area contributed by atoms with Crippen molar-refractivity contribution in [3.63, 3.8) is 0 Å². The molecule has 6 aromatic rings. The number of nitrogens with zero attached hydrogens (tertiary/aromatic N) is 8. The quantitative estimate of drug-likeness (QED) is 0.0973. The number of fused-ring (bicyclic) bond motifs is 5. The van der Waals surface area contributed by atoms with Gasteiger partial charge in [0.25, 0.3) is 11.5 Å². The minimum absolute atomic E-state index is 0.0110. The number of cyclic esters (lactones) is 1. The van der Waals surface area contributed by atoms with E-state index in [1.165, 1.54) is 44.1 Å². The summed E-state index contributed by atoms with van der Waals surface area (Å²) in [6.45, 7) is 11.2. The van der Waals surface area contributed by atoms with Crippen LogP contribution in [0.25, 0.3) is 39.4 Å². The van der Waals surface area contributed by atoms with Gasteiger partial charge < -0.3 is 44.5 Å². The van der Waals surface area contributed by atoms with Crippen LogP contribution in [0.3, 0.4) is 0 Å². The second-order valence-electron chi connectivity index (χ2n) is 20.9. The lowest BCUT2D eigenvalue weighted by Crippen LogP contribution is -2.47. The zero-order valence-electron chi connectivity index (χ0n) is 44.4. The lowest BCUT2D eigenvalue weighted by Gasteiger charge is -2.37. The van der Waals surface area contributed by atoms with E-state index in [1.807, 2.05) is 25.7 Å². The summed E-state index contributed by atoms with van der Waals surface area (Å²) in [5.74, 6) is -1.68. The Morgan fingerprint density at radius 1 is 0.910 bits per heavy atom. The van der Waals surface area contributed by atoms with Crippen LogP contribution in [0.1, 0.15) is 111 Å². The van der Waals surface area contributed by atoms with Crippen LogP contribution in [0.15, 0.2) is 70.4 Å². The number of benzene rings is 3. The summed E-state index contributed by atoms with van der Waals surface area (Å²) >= 11 is 0. The van der Waals surface area contributed by atoms with Gasteiger partial charge >= 0.3 is 12.1 Å². The fraction of sp³-hybridized carbons (Fsp3) is 0.429. The average molecular weight is 1090 g/mol. The Hall–Kier alpha value is -7.69. The molecule has 21 nitrogen and oxygen atoms in total. The number of aryl methyl sites for hydroxylation is 1. The molecule has 0 saturated carbocycles. The van der Waals surface area contributed by atoms with Crippen LogP contribution in [0.2, 0.25) is 0 Å². The normalized spacial score (nSPS) is 17.9. The number of piperidine rings is 2. The lowest BCUT2D eigenvalue weighted by atomic mass is 9.86. The first-order chi connectivity index (χ1) is 37.3. The number of sulfonamides is 1. The number of carbonyl (C=O) groups is 4. The Kier molecular flexibility index (Phi) is 14.4. The molecule has 3 aromatic heterocycles. The van der Waals surface area contributed by atoms with Crippen molar-refractivity contribution in [3.05, 3.63) is 105 Å². The standard InChI is InChI=1S/C56H63N9O12S/c1-7-37-39-24-35(12-15-44(39)58-48-41(37)29-64-45(48)26-43-42(53(64)70)30-76-54(71)56(43,73)8-2)77-55(72)61(6)28-32-16-20-62(21-17-32)52(69)33-18-22-63(23-19-33)78(74,75)36-13-10-34(11-14-36)65-49(59-60-50(65)51(68)57-9-3)40-25-38(31(4)5)46(66)27-47(40)67/h10-15,24-27,31-33,66-67,73H,7-9,16-23,28-30H2,1-6H3,(H,57,68). The van der Waals surface area contributed by atoms with Crippen molar-refractivity contribution in [2.45, 2.75) is 103 Å². The summed E-state index contributed by atoms with van der Waals surface area (Å²) in [6, 6.07) is 15.7. The van der Waals surface area contributed by atoms with E-state index in [2.05, 4.69) is 15.5 Å². The molecule has 0 bridgehead atoms. The molecule has 0 spiro atoms. The molecule has 4 aliphatic heterocycles. The van der Waals surface area contributed by atoms with Gasteiger partial charge in [-0.1, -0.05) is 27.7 Å². The van der Waals surface area contributed by atoms with Crippen LogP contribution in [0.5, 0.6) is 17.2 Å². The number of aliphatic hydroxyl groups is 1. The van der Waals surface area contributed by atoms with E-state index >= 15 is 0 Å². The number of rotatable bonds is 13. The number of ether oxygens (including phenoxy) is 2. The summed E-state index contributed by atoms with van der Waals surface area (Å²) in [5.41, 5.74) is 2.87. The maximum atomic E-state index is 14.0. The Labute approximate surface area is 450 Å². The third-order valence-corrected chi connectivity index (χ3v) is 17.8. The maximum absolute atomic E-state index is 14.0. The van der Waals surface area contributed by atoms with Gasteiger partial charge in [-0.15, -0.1) is 10.2 Å². The molecule has 0 radical (unpaired) electrons. The van der Waals surface area contributed by atoms with Gasteiger partial charge in [0.05, 0.1) is 39.5 Å².